The van der Waals surface area contributed by atoms with E-state index in [4.69, 9.17) is 0 Å². The Balaban J connectivity index is 0.00000162. The summed E-state index contributed by atoms with van der Waals surface area (Å²) in [6.45, 7) is 11.9. The smallest absolute Gasteiger partial charge is 1.00 e. The van der Waals surface area contributed by atoms with Crippen LogP contribution in [0.25, 0.3) is 11.1 Å². The van der Waals surface area contributed by atoms with Crippen molar-refractivity contribution >= 4 is 6.98 Å². The van der Waals surface area contributed by atoms with E-state index in [2.05, 4.69) is 117 Å². The van der Waals surface area contributed by atoms with Gasteiger partial charge in [-0.15, -0.1) is 0 Å². The van der Waals surface area contributed by atoms with Crippen LogP contribution in [-0.4, -0.2) is 3.71 Å². The Morgan fingerprint density at radius 2 is 1.47 bits per heavy atom. The molecule has 0 saturated carbocycles. The van der Waals surface area contributed by atoms with Crippen LogP contribution in [0.2, 0.25) is 0 Å². The van der Waals surface area contributed by atoms with Crippen molar-refractivity contribution in [2.75, 3.05) is 0 Å². The normalized spacial score (nSPS) is 16.4. The molecule has 2 aliphatic rings. The summed E-state index contributed by atoms with van der Waals surface area (Å²) in [4.78, 5) is 0. The van der Waals surface area contributed by atoms with E-state index in [1.165, 1.54) is 22.3 Å². The molecule has 0 fully saturated rings. The van der Waals surface area contributed by atoms with Crippen molar-refractivity contribution < 1.29 is 46.1 Å². The molecular formula is C31H32Cl2Zr. The van der Waals surface area contributed by atoms with Crippen LogP contribution in [-0.2, 0) is 27.7 Å². The summed E-state index contributed by atoms with van der Waals surface area (Å²) < 4.78 is 6.11. The van der Waals surface area contributed by atoms with Crippen LogP contribution in [0.3, 0.4) is 0 Å². The zero-order valence-electron chi connectivity index (χ0n) is 20.6. The van der Waals surface area contributed by atoms with Crippen LogP contribution in [0.15, 0.2) is 93.3 Å². The van der Waals surface area contributed by atoms with Gasteiger partial charge in [-0.25, -0.2) is 0 Å². The fourth-order valence-corrected chi connectivity index (χ4v) is 13.2. The third kappa shape index (κ3) is 4.90. The fourth-order valence-electron chi connectivity index (χ4n) is 5.63. The van der Waals surface area contributed by atoms with E-state index < -0.39 is 21.3 Å². The van der Waals surface area contributed by atoms with Gasteiger partial charge in [0, 0.05) is 0 Å². The van der Waals surface area contributed by atoms with E-state index in [9.17, 15) is 0 Å². The van der Waals surface area contributed by atoms with Crippen molar-refractivity contribution in [3.8, 4) is 11.1 Å². The van der Waals surface area contributed by atoms with Gasteiger partial charge in [0.05, 0.1) is 0 Å². The second-order valence-electron chi connectivity index (χ2n) is 10.3. The Bertz CT molecular complexity index is 1290. The SMILES string of the molecule is CC1=[C](/[Zr+2](=[CH]/c2ccccc2)[c]2cccc3c2Cc2ccccc2-3)C(C)C=C1C(C)(C)C.[Cl-].[Cl-]. The van der Waals surface area contributed by atoms with E-state index in [0.717, 1.165) is 6.42 Å². The van der Waals surface area contributed by atoms with Gasteiger partial charge < -0.3 is 24.8 Å². The predicted octanol–water partition coefficient (Wildman–Crippen LogP) is 1.26. The molecule has 0 aromatic heterocycles. The van der Waals surface area contributed by atoms with Crippen molar-refractivity contribution in [2.45, 2.75) is 41.0 Å². The van der Waals surface area contributed by atoms with Crippen molar-refractivity contribution in [1.29, 1.82) is 0 Å². The first-order chi connectivity index (χ1) is 15.3. The molecule has 5 rings (SSSR count). The van der Waals surface area contributed by atoms with Crippen molar-refractivity contribution in [1.82, 2.24) is 0 Å². The van der Waals surface area contributed by atoms with Crippen LogP contribution in [0.1, 0.15) is 51.3 Å². The van der Waals surface area contributed by atoms with Gasteiger partial charge in [-0.1, -0.05) is 0 Å². The number of fused-ring (bicyclic) bond motifs is 3. The van der Waals surface area contributed by atoms with Gasteiger partial charge in [0.2, 0.25) is 0 Å². The average molecular weight is 567 g/mol. The van der Waals surface area contributed by atoms with E-state index >= 15 is 0 Å². The van der Waals surface area contributed by atoms with Gasteiger partial charge in [-0.2, -0.15) is 0 Å². The number of allylic oxidation sites excluding steroid dienone is 4. The van der Waals surface area contributed by atoms with Crippen molar-refractivity contribution in [3.63, 3.8) is 0 Å². The Kier molecular flexibility index (Phi) is 8.45. The number of halogens is 2. The summed E-state index contributed by atoms with van der Waals surface area (Å²) in [6, 6.07) is 27.1. The predicted molar refractivity (Wildman–Crippen MR) is 135 cm³/mol. The molecule has 1 atom stereocenters. The maximum Gasteiger partial charge on any atom is -1.00 e. The van der Waals surface area contributed by atoms with Crippen LogP contribution < -0.4 is 28.1 Å². The Morgan fingerprint density at radius 1 is 0.824 bits per heavy atom. The summed E-state index contributed by atoms with van der Waals surface area (Å²) in [5.41, 5.74) is 10.7. The Labute approximate surface area is 225 Å². The van der Waals surface area contributed by atoms with Crippen LogP contribution in [0.4, 0.5) is 0 Å². The van der Waals surface area contributed by atoms with Crippen LogP contribution >= 0.6 is 0 Å². The Morgan fingerprint density at radius 3 is 2.15 bits per heavy atom. The second-order valence-corrected chi connectivity index (χ2v) is 15.7. The molecule has 3 aromatic carbocycles. The van der Waals surface area contributed by atoms with E-state index in [0.29, 0.717) is 5.92 Å². The molecule has 0 saturated heterocycles. The first-order valence-electron chi connectivity index (χ1n) is 11.8. The first kappa shape index (κ1) is 27.1. The molecule has 3 aromatic rings. The quantitative estimate of drug-likeness (QED) is 0.351. The molecule has 174 valence electrons. The summed E-state index contributed by atoms with van der Waals surface area (Å²) in [5.74, 6) is 0.526. The minimum absolute atomic E-state index is 0. The molecule has 0 amide bonds. The molecule has 0 nitrogen and oxygen atoms in total. The molecule has 0 bridgehead atoms. The van der Waals surface area contributed by atoms with Crippen molar-refractivity contribution in [3.05, 3.63) is 110 Å². The van der Waals surface area contributed by atoms with Crippen molar-refractivity contribution in [2.24, 2.45) is 11.3 Å². The molecule has 0 heterocycles. The maximum atomic E-state index is 2.69. The summed E-state index contributed by atoms with van der Waals surface area (Å²) >= 11 is -2.34. The van der Waals surface area contributed by atoms with Gasteiger partial charge in [0.1, 0.15) is 0 Å². The van der Waals surface area contributed by atoms with Crippen LogP contribution in [0.5, 0.6) is 0 Å². The molecule has 0 aliphatic heterocycles. The largest absolute Gasteiger partial charge is 1.00 e. The molecule has 0 N–H and O–H groups in total. The third-order valence-corrected chi connectivity index (χ3v) is 14.6. The third-order valence-electron chi connectivity index (χ3n) is 7.03. The fraction of sp³-hybridized carbons (Fsp3) is 0.258. The van der Waals surface area contributed by atoms with Gasteiger partial charge in [-0.05, 0) is 0 Å². The van der Waals surface area contributed by atoms with E-state index in [1.807, 2.05) is 0 Å². The molecule has 1 unspecified atom stereocenters. The zero-order chi connectivity index (χ0) is 22.5. The monoisotopic (exact) mass is 564 g/mol. The maximum absolute atomic E-state index is 2.69. The topological polar surface area (TPSA) is 0 Å². The van der Waals surface area contributed by atoms with E-state index in [1.54, 1.807) is 23.3 Å². The van der Waals surface area contributed by atoms with Crippen LogP contribution in [0, 0.1) is 11.3 Å². The molecular weight excluding hydrogens is 534 g/mol. The minimum atomic E-state index is -2.34. The van der Waals surface area contributed by atoms with Gasteiger partial charge in [0.15, 0.2) is 0 Å². The van der Waals surface area contributed by atoms with Gasteiger partial charge in [0.25, 0.3) is 0 Å². The minimum Gasteiger partial charge on any atom is -1.00 e. The van der Waals surface area contributed by atoms with Gasteiger partial charge >= 0.3 is 202 Å². The Hall–Kier alpha value is -1.53. The zero-order valence-corrected chi connectivity index (χ0v) is 24.6. The molecule has 3 heteroatoms. The second kappa shape index (κ2) is 10.6. The molecule has 0 spiro atoms. The molecule has 2 aliphatic carbocycles. The van der Waals surface area contributed by atoms with Gasteiger partial charge in [-0.3, -0.25) is 0 Å². The summed E-state index contributed by atoms with van der Waals surface area (Å²) in [7, 11) is 0. The first-order valence-corrected chi connectivity index (χ1v) is 15.6. The summed E-state index contributed by atoms with van der Waals surface area (Å²) in [6.07, 6.45) is 3.64. The number of benzene rings is 3. The number of rotatable bonds is 3. The molecule has 34 heavy (non-hydrogen) atoms. The number of hydrogen-bond acceptors (Lipinski definition) is 0. The standard InChI is InChI=1S/C13H9.C11H17.C7H6.2ClH.Zr/c1-3-7-12-10(5-1)9-11-6-2-4-8-13(11)12;1-8-6-9(2)10(7-8)11(3,4)5;1-7-5-3-2-4-6-7;;;/h1-5,7-8H,9H2;7-8H,1-5H3;1-6H;2*1H;/q;;;;;+2/p-2. The average Bonchev–Trinajstić information content (AvgIpc) is 3.30. The van der Waals surface area contributed by atoms with E-state index in [-0.39, 0.29) is 30.2 Å². The summed E-state index contributed by atoms with van der Waals surface area (Å²) in [5, 5.41) is 0. The number of hydrogen-bond donors (Lipinski definition) is 0. The molecule has 0 radical (unpaired) electrons.